The zero-order chi connectivity index (χ0) is 19.3. The van der Waals surface area contributed by atoms with Gasteiger partial charge in [0.1, 0.15) is 12.3 Å². The molecule has 1 aliphatic rings. The predicted octanol–water partition coefficient (Wildman–Crippen LogP) is 4.55. The van der Waals surface area contributed by atoms with Crippen LogP contribution >= 0.6 is 0 Å². The number of carbonyl (C=O) groups is 1. The number of carbonyl (C=O) groups excluding carboxylic acids is 1. The summed E-state index contributed by atoms with van der Waals surface area (Å²) in [5.41, 5.74) is 5.66. The van der Waals surface area contributed by atoms with Gasteiger partial charge in [-0.2, -0.15) is 0 Å². The molecule has 0 spiro atoms. The lowest BCUT2D eigenvalue weighted by atomic mass is 9.92. The predicted molar refractivity (Wildman–Crippen MR) is 113 cm³/mol. The molecule has 3 heterocycles. The van der Waals surface area contributed by atoms with E-state index in [0.29, 0.717) is 0 Å². The minimum Gasteiger partial charge on any atom is -0.333 e. The zero-order valence-corrected chi connectivity index (χ0v) is 15.7. The summed E-state index contributed by atoms with van der Waals surface area (Å²) < 4.78 is 0. The number of nitrogens with zero attached hydrogens (tertiary/aromatic N) is 3. The molecular formula is C24H21N3O. The zero-order valence-electron chi connectivity index (χ0n) is 15.7. The maximum Gasteiger partial charge on any atom is 0.147 e. The Morgan fingerprint density at radius 2 is 1.82 bits per heavy atom. The van der Waals surface area contributed by atoms with E-state index in [4.69, 9.17) is 0 Å². The fourth-order valence-corrected chi connectivity index (χ4v) is 3.38. The van der Waals surface area contributed by atoms with Gasteiger partial charge in [-0.25, -0.2) is 0 Å². The molecule has 0 radical (unpaired) electrons. The topological polar surface area (TPSA) is 46.1 Å². The number of hydrogen-bond acceptors (Lipinski definition) is 4. The summed E-state index contributed by atoms with van der Waals surface area (Å²) in [4.78, 5) is 23.2. The Hall–Kier alpha value is -3.53. The highest BCUT2D eigenvalue weighted by Crippen LogP contribution is 2.34. The van der Waals surface area contributed by atoms with Crippen LogP contribution in [0, 0.1) is 0 Å². The first kappa shape index (κ1) is 17.9. The van der Waals surface area contributed by atoms with Gasteiger partial charge < -0.3 is 9.69 Å². The van der Waals surface area contributed by atoms with Crippen molar-refractivity contribution < 1.29 is 4.79 Å². The van der Waals surface area contributed by atoms with E-state index in [9.17, 15) is 4.79 Å². The number of aryl methyl sites for hydroxylation is 1. The van der Waals surface area contributed by atoms with E-state index in [1.54, 1.807) is 6.20 Å². The molecule has 0 saturated carbocycles. The molecule has 0 bridgehead atoms. The summed E-state index contributed by atoms with van der Waals surface area (Å²) >= 11 is 0. The molecule has 0 aliphatic carbocycles. The van der Waals surface area contributed by atoms with Gasteiger partial charge in [-0.05, 0) is 54.0 Å². The second-order valence-electron chi connectivity index (χ2n) is 6.61. The standard InChI is InChI=1S/C24H21N3O/c1-2-20-12-11-18(15-26-20)22-14-19(23-10-6-7-13-25-23)16-27(24(22)17-28)21-8-4-3-5-9-21/h3-17,24H,2H2,1H3. The van der Waals surface area contributed by atoms with Crippen molar-refractivity contribution in [3.05, 3.63) is 102 Å². The van der Waals surface area contributed by atoms with Gasteiger partial charge in [0.2, 0.25) is 0 Å². The number of hydrogen-bond donors (Lipinski definition) is 0. The second-order valence-corrected chi connectivity index (χ2v) is 6.61. The van der Waals surface area contributed by atoms with Gasteiger partial charge in [0.05, 0.1) is 5.69 Å². The SMILES string of the molecule is CCc1ccc(C2=CC(c3ccccn3)=CN(c3ccccc3)C2C=O)cn1. The van der Waals surface area contributed by atoms with Gasteiger partial charge >= 0.3 is 0 Å². The molecule has 4 nitrogen and oxygen atoms in total. The maximum absolute atomic E-state index is 12.1. The monoisotopic (exact) mass is 367 g/mol. The Balaban J connectivity index is 1.85. The van der Waals surface area contributed by atoms with E-state index in [2.05, 4.69) is 16.9 Å². The molecule has 4 heteroatoms. The van der Waals surface area contributed by atoms with Gasteiger partial charge in [-0.1, -0.05) is 37.3 Å². The van der Waals surface area contributed by atoms with E-state index in [-0.39, 0.29) is 0 Å². The first-order valence-corrected chi connectivity index (χ1v) is 9.39. The van der Waals surface area contributed by atoms with Crippen LogP contribution in [-0.2, 0) is 11.2 Å². The van der Waals surface area contributed by atoms with Crippen LogP contribution in [0.25, 0.3) is 11.1 Å². The van der Waals surface area contributed by atoms with Gasteiger partial charge in [0, 0.05) is 35.5 Å². The summed E-state index contributed by atoms with van der Waals surface area (Å²) in [7, 11) is 0. The molecule has 28 heavy (non-hydrogen) atoms. The van der Waals surface area contributed by atoms with Crippen molar-refractivity contribution in [3.8, 4) is 0 Å². The molecule has 1 aliphatic heterocycles. The van der Waals surface area contributed by atoms with Crippen LogP contribution in [0.3, 0.4) is 0 Å². The molecule has 1 unspecified atom stereocenters. The van der Waals surface area contributed by atoms with Crippen LogP contribution < -0.4 is 4.90 Å². The van der Waals surface area contributed by atoms with Crippen molar-refractivity contribution in [1.29, 1.82) is 0 Å². The number of aromatic nitrogens is 2. The van der Waals surface area contributed by atoms with Crippen LogP contribution in [0.1, 0.15) is 23.9 Å². The van der Waals surface area contributed by atoms with Gasteiger partial charge in [-0.15, -0.1) is 0 Å². The second kappa shape index (κ2) is 8.01. The fourth-order valence-electron chi connectivity index (χ4n) is 3.38. The van der Waals surface area contributed by atoms with Crippen molar-refractivity contribution in [1.82, 2.24) is 9.97 Å². The third kappa shape index (κ3) is 3.49. The van der Waals surface area contributed by atoms with Crippen molar-refractivity contribution in [2.24, 2.45) is 0 Å². The third-order valence-electron chi connectivity index (χ3n) is 4.87. The maximum atomic E-state index is 12.1. The number of benzene rings is 1. The van der Waals surface area contributed by atoms with E-state index in [1.165, 1.54) is 0 Å². The molecule has 4 rings (SSSR count). The van der Waals surface area contributed by atoms with Crippen LogP contribution in [0.2, 0.25) is 0 Å². The summed E-state index contributed by atoms with van der Waals surface area (Å²) in [5, 5.41) is 0. The summed E-state index contributed by atoms with van der Waals surface area (Å²) in [6.45, 7) is 2.08. The highest BCUT2D eigenvalue weighted by Gasteiger charge is 2.27. The largest absolute Gasteiger partial charge is 0.333 e. The van der Waals surface area contributed by atoms with Crippen LogP contribution in [0.5, 0.6) is 0 Å². The molecule has 1 aromatic carbocycles. The molecule has 1 atom stereocenters. The van der Waals surface area contributed by atoms with Gasteiger partial charge in [0.25, 0.3) is 0 Å². The molecule has 0 saturated heterocycles. The number of rotatable bonds is 5. The van der Waals surface area contributed by atoms with Crippen molar-refractivity contribution in [3.63, 3.8) is 0 Å². The number of aldehydes is 1. The van der Waals surface area contributed by atoms with E-state index in [1.807, 2.05) is 84.0 Å². The van der Waals surface area contributed by atoms with Crippen molar-refractivity contribution in [2.45, 2.75) is 19.4 Å². The minimum absolute atomic E-state index is 0.427. The highest BCUT2D eigenvalue weighted by atomic mass is 16.1. The third-order valence-corrected chi connectivity index (χ3v) is 4.87. The van der Waals surface area contributed by atoms with Crippen LogP contribution in [-0.4, -0.2) is 22.3 Å². The Labute approximate surface area is 164 Å². The molecule has 2 aromatic heterocycles. The molecule has 138 valence electrons. The normalized spacial score (nSPS) is 16.3. The Kier molecular flexibility index (Phi) is 5.11. The number of allylic oxidation sites excluding steroid dienone is 2. The molecular weight excluding hydrogens is 346 g/mol. The summed E-state index contributed by atoms with van der Waals surface area (Å²) in [5.74, 6) is 0. The van der Waals surface area contributed by atoms with Crippen LogP contribution in [0.15, 0.2) is 85.3 Å². The first-order chi connectivity index (χ1) is 13.8. The lowest BCUT2D eigenvalue weighted by molar-refractivity contribution is -0.107. The Morgan fingerprint density at radius 3 is 2.46 bits per heavy atom. The number of para-hydroxylation sites is 1. The molecule has 0 N–H and O–H groups in total. The smallest absolute Gasteiger partial charge is 0.147 e. The molecule has 3 aromatic rings. The van der Waals surface area contributed by atoms with Crippen molar-refractivity contribution >= 4 is 23.1 Å². The van der Waals surface area contributed by atoms with E-state index >= 15 is 0 Å². The average Bonchev–Trinajstić information content (AvgIpc) is 2.79. The Bertz CT molecular complexity index is 1010. The van der Waals surface area contributed by atoms with E-state index in [0.717, 1.165) is 46.5 Å². The van der Waals surface area contributed by atoms with Crippen molar-refractivity contribution in [2.75, 3.05) is 4.90 Å². The molecule has 0 fully saturated rings. The molecule has 0 amide bonds. The average molecular weight is 367 g/mol. The lowest BCUT2D eigenvalue weighted by Gasteiger charge is -2.33. The van der Waals surface area contributed by atoms with Gasteiger partial charge in [0.15, 0.2) is 0 Å². The number of pyridine rings is 2. The highest BCUT2D eigenvalue weighted by molar-refractivity contribution is 5.98. The van der Waals surface area contributed by atoms with Gasteiger partial charge in [-0.3, -0.25) is 9.97 Å². The minimum atomic E-state index is -0.427. The number of anilines is 1. The summed E-state index contributed by atoms with van der Waals surface area (Å²) in [6, 6.07) is 19.4. The fraction of sp³-hybridized carbons (Fsp3) is 0.125. The van der Waals surface area contributed by atoms with Crippen LogP contribution in [0.4, 0.5) is 5.69 Å². The Morgan fingerprint density at radius 1 is 1.00 bits per heavy atom. The summed E-state index contributed by atoms with van der Waals surface area (Å²) in [6.07, 6.45) is 9.53. The quantitative estimate of drug-likeness (QED) is 0.621. The van der Waals surface area contributed by atoms with E-state index < -0.39 is 6.04 Å². The lowest BCUT2D eigenvalue weighted by Crippen LogP contribution is -2.35. The first-order valence-electron chi connectivity index (χ1n) is 9.39.